The summed E-state index contributed by atoms with van der Waals surface area (Å²) in [4.78, 5) is 12.6. The van der Waals surface area contributed by atoms with Gasteiger partial charge in [0.1, 0.15) is 5.75 Å². The van der Waals surface area contributed by atoms with Crippen LogP contribution in [-0.2, 0) is 6.42 Å². The molecular weight excluding hydrogens is 336 g/mol. The molecule has 0 bridgehead atoms. The minimum atomic E-state index is -2.99. The zero-order chi connectivity index (χ0) is 18.4. The highest BCUT2D eigenvalue weighted by Gasteiger charge is 2.16. The SMILES string of the molecule is O=C(Nc1ccccc1Cc1ccccc1)c1ccccc1OC(F)F. The Labute approximate surface area is 150 Å². The highest BCUT2D eigenvalue weighted by Crippen LogP contribution is 2.24. The first-order valence-electron chi connectivity index (χ1n) is 8.10. The predicted octanol–water partition coefficient (Wildman–Crippen LogP) is 5.13. The van der Waals surface area contributed by atoms with Crippen LogP contribution in [0, 0.1) is 0 Å². The molecule has 1 amide bonds. The first-order valence-corrected chi connectivity index (χ1v) is 8.10. The minimum absolute atomic E-state index is 0.0577. The third-order valence-corrected chi connectivity index (χ3v) is 3.85. The molecule has 0 aliphatic carbocycles. The van der Waals surface area contributed by atoms with E-state index in [9.17, 15) is 13.6 Å². The second-order valence-corrected chi connectivity index (χ2v) is 5.65. The van der Waals surface area contributed by atoms with Crippen LogP contribution in [0.3, 0.4) is 0 Å². The number of carbonyl (C=O) groups excluding carboxylic acids is 1. The van der Waals surface area contributed by atoms with E-state index in [1.165, 1.54) is 18.2 Å². The van der Waals surface area contributed by atoms with E-state index in [4.69, 9.17) is 0 Å². The topological polar surface area (TPSA) is 38.3 Å². The van der Waals surface area contributed by atoms with E-state index in [-0.39, 0.29) is 11.3 Å². The third kappa shape index (κ3) is 4.45. The van der Waals surface area contributed by atoms with E-state index in [2.05, 4.69) is 10.1 Å². The number of anilines is 1. The molecule has 0 unspecified atom stereocenters. The quantitative estimate of drug-likeness (QED) is 0.667. The Morgan fingerprint density at radius 2 is 1.54 bits per heavy atom. The number of alkyl halides is 2. The van der Waals surface area contributed by atoms with Crippen molar-refractivity contribution in [3.63, 3.8) is 0 Å². The fourth-order valence-corrected chi connectivity index (χ4v) is 2.65. The van der Waals surface area contributed by atoms with Gasteiger partial charge in [0.25, 0.3) is 5.91 Å². The number of hydrogen-bond donors (Lipinski definition) is 1. The molecule has 0 atom stereocenters. The number of ether oxygens (including phenoxy) is 1. The first-order chi connectivity index (χ1) is 12.6. The molecule has 0 aromatic heterocycles. The standard InChI is InChI=1S/C21H17F2NO2/c22-21(23)26-19-13-7-5-11-17(19)20(25)24-18-12-6-4-10-16(18)14-15-8-2-1-3-9-15/h1-13,21H,14H2,(H,24,25). The summed E-state index contributed by atoms with van der Waals surface area (Å²) in [5.74, 6) is -0.651. The van der Waals surface area contributed by atoms with Crippen LogP contribution in [0.5, 0.6) is 5.75 Å². The van der Waals surface area contributed by atoms with Crippen molar-refractivity contribution in [2.75, 3.05) is 5.32 Å². The fourth-order valence-electron chi connectivity index (χ4n) is 2.65. The highest BCUT2D eigenvalue weighted by molar-refractivity contribution is 6.06. The lowest BCUT2D eigenvalue weighted by Crippen LogP contribution is -2.16. The molecule has 0 heterocycles. The maximum Gasteiger partial charge on any atom is 0.387 e. The minimum Gasteiger partial charge on any atom is -0.434 e. The summed E-state index contributed by atoms with van der Waals surface area (Å²) in [6.45, 7) is -2.99. The Kier molecular flexibility index (Phi) is 5.59. The van der Waals surface area contributed by atoms with Gasteiger partial charge in [-0.1, -0.05) is 60.7 Å². The van der Waals surface area contributed by atoms with Crippen LogP contribution < -0.4 is 10.1 Å². The van der Waals surface area contributed by atoms with E-state index < -0.39 is 12.5 Å². The lowest BCUT2D eigenvalue weighted by Gasteiger charge is -2.13. The van der Waals surface area contributed by atoms with Crippen LogP contribution in [-0.4, -0.2) is 12.5 Å². The summed E-state index contributed by atoms with van der Waals surface area (Å²) in [7, 11) is 0. The molecule has 3 rings (SSSR count). The molecule has 3 aromatic rings. The summed E-state index contributed by atoms with van der Waals surface area (Å²) in [6, 6.07) is 23.2. The number of hydrogen-bond acceptors (Lipinski definition) is 2. The van der Waals surface area contributed by atoms with Gasteiger partial charge in [-0.05, 0) is 35.7 Å². The zero-order valence-corrected chi connectivity index (χ0v) is 13.9. The van der Waals surface area contributed by atoms with Gasteiger partial charge in [0, 0.05) is 5.69 Å². The Morgan fingerprint density at radius 1 is 0.885 bits per heavy atom. The van der Waals surface area contributed by atoms with Gasteiger partial charge in [-0.25, -0.2) is 0 Å². The fraction of sp³-hybridized carbons (Fsp3) is 0.0952. The van der Waals surface area contributed by atoms with Crippen LogP contribution in [0.25, 0.3) is 0 Å². The van der Waals surface area contributed by atoms with E-state index >= 15 is 0 Å². The van der Waals surface area contributed by atoms with Crippen molar-refractivity contribution >= 4 is 11.6 Å². The summed E-state index contributed by atoms with van der Waals surface area (Å²) >= 11 is 0. The molecule has 0 aliphatic rings. The first kappa shape index (κ1) is 17.6. The Morgan fingerprint density at radius 3 is 2.31 bits per heavy atom. The van der Waals surface area contributed by atoms with Crippen molar-refractivity contribution in [3.8, 4) is 5.75 Å². The van der Waals surface area contributed by atoms with Gasteiger partial charge in [0.05, 0.1) is 5.56 Å². The van der Waals surface area contributed by atoms with Crippen molar-refractivity contribution in [2.45, 2.75) is 13.0 Å². The van der Waals surface area contributed by atoms with E-state index in [0.29, 0.717) is 12.1 Å². The van der Waals surface area contributed by atoms with E-state index in [1.807, 2.05) is 48.5 Å². The number of amides is 1. The van der Waals surface area contributed by atoms with E-state index in [1.54, 1.807) is 12.1 Å². The van der Waals surface area contributed by atoms with E-state index in [0.717, 1.165) is 11.1 Å². The molecule has 0 spiro atoms. The molecule has 0 aliphatic heterocycles. The van der Waals surface area contributed by atoms with Crippen LogP contribution >= 0.6 is 0 Å². The number of carbonyl (C=O) groups is 1. The number of para-hydroxylation sites is 2. The van der Waals surface area contributed by atoms with Gasteiger partial charge < -0.3 is 10.1 Å². The molecule has 0 fully saturated rings. The molecule has 3 aromatic carbocycles. The Hall–Kier alpha value is -3.21. The summed E-state index contributed by atoms with van der Waals surface area (Å²) in [5.41, 5.74) is 2.73. The molecule has 0 saturated heterocycles. The Balaban J connectivity index is 1.83. The lowest BCUT2D eigenvalue weighted by atomic mass is 10.0. The number of rotatable bonds is 6. The maximum absolute atomic E-state index is 12.6. The normalized spacial score (nSPS) is 10.6. The average Bonchev–Trinajstić information content (AvgIpc) is 2.64. The Bertz CT molecular complexity index is 882. The summed E-state index contributed by atoms with van der Waals surface area (Å²) in [6.07, 6.45) is 0.645. The van der Waals surface area contributed by atoms with Crippen molar-refractivity contribution < 1.29 is 18.3 Å². The summed E-state index contributed by atoms with van der Waals surface area (Å²) < 4.78 is 29.5. The largest absolute Gasteiger partial charge is 0.434 e. The van der Waals surface area contributed by atoms with Crippen LogP contribution in [0.4, 0.5) is 14.5 Å². The zero-order valence-electron chi connectivity index (χ0n) is 13.9. The monoisotopic (exact) mass is 353 g/mol. The molecule has 3 nitrogen and oxygen atoms in total. The predicted molar refractivity (Wildman–Crippen MR) is 96.7 cm³/mol. The number of nitrogens with one attached hydrogen (secondary N) is 1. The second-order valence-electron chi connectivity index (χ2n) is 5.65. The van der Waals surface area contributed by atoms with Gasteiger partial charge in [0.15, 0.2) is 0 Å². The van der Waals surface area contributed by atoms with Gasteiger partial charge in [-0.3, -0.25) is 4.79 Å². The summed E-state index contributed by atoms with van der Waals surface area (Å²) in [5, 5.41) is 2.80. The number of benzene rings is 3. The van der Waals surface area contributed by atoms with Crippen molar-refractivity contribution in [2.24, 2.45) is 0 Å². The molecule has 132 valence electrons. The lowest BCUT2D eigenvalue weighted by molar-refractivity contribution is -0.0501. The molecule has 26 heavy (non-hydrogen) atoms. The molecule has 5 heteroatoms. The number of halogens is 2. The molecule has 0 radical (unpaired) electrons. The van der Waals surface area contributed by atoms with Crippen LogP contribution in [0.15, 0.2) is 78.9 Å². The van der Waals surface area contributed by atoms with Crippen molar-refractivity contribution in [1.29, 1.82) is 0 Å². The smallest absolute Gasteiger partial charge is 0.387 e. The molecule has 0 saturated carbocycles. The van der Waals surface area contributed by atoms with Gasteiger partial charge >= 0.3 is 6.61 Å². The van der Waals surface area contributed by atoms with Crippen molar-refractivity contribution in [1.82, 2.24) is 0 Å². The molecule has 1 N–H and O–H groups in total. The maximum atomic E-state index is 12.6. The van der Waals surface area contributed by atoms with Crippen LogP contribution in [0.2, 0.25) is 0 Å². The van der Waals surface area contributed by atoms with Gasteiger partial charge in [-0.2, -0.15) is 8.78 Å². The third-order valence-electron chi connectivity index (χ3n) is 3.85. The average molecular weight is 353 g/mol. The van der Waals surface area contributed by atoms with Gasteiger partial charge in [0.2, 0.25) is 0 Å². The highest BCUT2D eigenvalue weighted by atomic mass is 19.3. The molecular formula is C21H17F2NO2. The van der Waals surface area contributed by atoms with Crippen molar-refractivity contribution in [3.05, 3.63) is 95.6 Å². The second kappa shape index (κ2) is 8.25. The van der Waals surface area contributed by atoms with Gasteiger partial charge in [-0.15, -0.1) is 0 Å². The van der Waals surface area contributed by atoms with Crippen LogP contribution in [0.1, 0.15) is 21.5 Å².